The van der Waals surface area contributed by atoms with Crippen molar-refractivity contribution in [2.75, 3.05) is 6.61 Å². The molecule has 0 bridgehead atoms. The Labute approximate surface area is 261 Å². The van der Waals surface area contributed by atoms with Crippen molar-refractivity contribution in [1.82, 2.24) is 19.7 Å². The minimum Gasteiger partial charge on any atom is -0.485 e. The minimum absolute atomic E-state index is 0.0128. The SMILES string of the molecule is CCCc1nc(CC)n(-c2ccc(OC3(CO)CCCC3)cc2)c(=O)c1Cc1ccc(-c2ccccc2)c(-c2noc(=O)[nH]2)c1. The summed E-state index contributed by atoms with van der Waals surface area (Å²) in [6.45, 7) is 4.07. The zero-order valence-corrected chi connectivity index (χ0v) is 25.7. The van der Waals surface area contributed by atoms with Crippen LogP contribution in [0, 0.1) is 0 Å². The number of hydrogen-bond acceptors (Lipinski definition) is 7. The van der Waals surface area contributed by atoms with Crippen LogP contribution in [-0.2, 0) is 19.3 Å². The monoisotopic (exact) mass is 606 g/mol. The number of aliphatic hydroxyl groups excluding tert-OH is 1. The number of aryl methyl sites for hydroxylation is 2. The summed E-state index contributed by atoms with van der Waals surface area (Å²) in [5, 5.41) is 14.0. The molecule has 0 unspecified atom stereocenters. The third-order valence-electron chi connectivity index (χ3n) is 8.61. The molecule has 2 N–H and O–H groups in total. The fourth-order valence-electron chi connectivity index (χ4n) is 6.32. The van der Waals surface area contributed by atoms with E-state index in [1.165, 1.54) is 0 Å². The van der Waals surface area contributed by atoms with Crippen molar-refractivity contribution in [1.29, 1.82) is 0 Å². The molecule has 3 aromatic carbocycles. The lowest BCUT2D eigenvalue weighted by atomic mass is 9.94. The summed E-state index contributed by atoms with van der Waals surface area (Å²) in [5.74, 6) is 1.07. The highest BCUT2D eigenvalue weighted by molar-refractivity contribution is 5.81. The van der Waals surface area contributed by atoms with Gasteiger partial charge in [0.15, 0.2) is 5.82 Å². The molecule has 6 rings (SSSR count). The van der Waals surface area contributed by atoms with Crippen LogP contribution in [0.15, 0.2) is 86.9 Å². The van der Waals surface area contributed by atoms with Crippen molar-refractivity contribution in [2.24, 2.45) is 0 Å². The second-order valence-corrected chi connectivity index (χ2v) is 11.7. The quantitative estimate of drug-likeness (QED) is 0.188. The first-order valence-electron chi connectivity index (χ1n) is 15.7. The third-order valence-corrected chi connectivity index (χ3v) is 8.61. The van der Waals surface area contributed by atoms with Gasteiger partial charge in [-0.15, -0.1) is 0 Å². The number of H-pyrrole nitrogens is 1. The molecule has 232 valence electrons. The summed E-state index contributed by atoms with van der Waals surface area (Å²) in [6.07, 6.45) is 6.22. The zero-order valence-electron chi connectivity index (χ0n) is 25.7. The number of rotatable bonds is 11. The fraction of sp³-hybridized carbons (Fsp3) is 0.333. The Morgan fingerprint density at radius 3 is 2.38 bits per heavy atom. The van der Waals surface area contributed by atoms with Crippen LogP contribution in [0.5, 0.6) is 5.75 Å². The van der Waals surface area contributed by atoms with E-state index in [4.69, 9.17) is 14.2 Å². The van der Waals surface area contributed by atoms with E-state index in [0.717, 1.165) is 54.5 Å². The Hall–Kier alpha value is -4.76. The van der Waals surface area contributed by atoms with Gasteiger partial charge in [0.05, 0.1) is 18.0 Å². The summed E-state index contributed by atoms with van der Waals surface area (Å²) >= 11 is 0. The highest BCUT2D eigenvalue weighted by Gasteiger charge is 2.35. The number of nitrogens with zero attached hydrogens (tertiary/aromatic N) is 3. The molecule has 1 aliphatic carbocycles. The van der Waals surface area contributed by atoms with Crippen LogP contribution in [0.1, 0.15) is 68.6 Å². The van der Waals surface area contributed by atoms with Crippen LogP contribution >= 0.6 is 0 Å². The van der Waals surface area contributed by atoms with Crippen molar-refractivity contribution in [2.45, 2.75) is 70.8 Å². The molecule has 0 atom stereocenters. The number of hydrogen-bond donors (Lipinski definition) is 2. The normalized spacial score (nSPS) is 14.1. The molecule has 45 heavy (non-hydrogen) atoms. The molecule has 0 saturated heterocycles. The van der Waals surface area contributed by atoms with Gasteiger partial charge in [-0.2, -0.15) is 0 Å². The van der Waals surface area contributed by atoms with E-state index >= 15 is 0 Å². The molecule has 1 fully saturated rings. The molecular formula is C36H38N4O5. The summed E-state index contributed by atoms with van der Waals surface area (Å²) < 4.78 is 12.8. The van der Waals surface area contributed by atoms with Gasteiger partial charge in [-0.3, -0.25) is 18.9 Å². The van der Waals surface area contributed by atoms with Crippen molar-refractivity contribution >= 4 is 0 Å². The van der Waals surface area contributed by atoms with Gasteiger partial charge in [0.25, 0.3) is 5.56 Å². The van der Waals surface area contributed by atoms with Gasteiger partial charge in [-0.1, -0.05) is 67.9 Å². The van der Waals surface area contributed by atoms with Crippen molar-refractivity contribution < 1.29 is 14.4 Å². The van der Waals surface area contributed by atoms with Crippen LogP contribution in [0.25, 0.3) is 28.2 Å². The molecule has 9 heteroatoms. The van der Waals surface area contributed by atoms with Gasteiger partial charge in [0.2, 0.25) is 0 Å². The van der Waals surface area contributed by atoms with Gasteiger partial charge < -0.3 is 9.84 Å². The number of aliphatic hydroxyl groups is 1. The van der Waals surface area contributed by atoms with E-state index in [0.29, 0.717) is 53.5 Å². The Morgan fingerprint density at radius 2 is 1.73 bits per heavy atom. The topological polar surface area (TPSA) is 123 Å². The average Bonchev–Trinajstić information content (AvgIpc) is 3.73. The number of ether oxygens (including phenoxy) is 1. The van der Waals surface area contributed by atoms with Gasteiger partial charge in [-0.05, 0) is 79.1 Å². The van der Waals surface area contributed by atoms with Gasteiger partial charge >= 0.3 is 5.76 Å². The summed E-state index contributed by atoms with van der Waals surface area (Å²) in [5.41, 5.74) is 4.95. The van der Waals surface area contributed by atoms with Crippen molar-refractivity contribution in [3.8, 4) is 34.0 Å². The highest BCUT2D eigenvalue weighted by Crippen LogP contribution is 2.35. The molecule has 2 aromatic heterocycles. The Balaban J connectivity index is 1.40. The molecule has 2 heterocycles. The summed E-state index contributed by atoms with van der Waals surface area (Å²) in [6, 6.07) is 23.3. The van der Waals surface area contributed by atoms with E-state index in [1.807, 2.05) is 79.7 Å². The van der Waals surface area contributed by atoms with Crippen molar-refractivity contribution in [3.05, 3.63) is 116 Å². The molecule has 0 radical (unpaired) electrons. The molecule has 0 spiro atoms. The predicted molar refractivity (Wildman–Crippen MR) is 173 cm³/mol. The first-order valence-corrected chi connectivity index (χ1v) is 15.7. The van der Waals surface area contributed by atoms with Crippen molar-refractivity contribution in [3.63, 3.8) is 0 Å². The number of benzene rings is 3. The molecular weight excluding hydrogens is 568 g/mol. The highest BCUT2D eigenvalue weighted by atomic mass is 16.5. The average molecular weight is 607 g/mol. The van der Waals surface area contributed by atoms with Gasteiger partial charge in [-0.25, -0.2) is 9.78 Å². The maximum absolute atomic E-state index is 14.3. The van der Waals surface area contributed by atoms with Crippen LogP contribution in [0.3, 0.4) is 0 Å². The number of aromatic amines is 1. The maximum atomic E-state index is 14.3. The Morgan fingerprint density at radius 1 is 0.978 bits per heavy atom. The first kappa shape index (κ1) is 30.3. The summed E-state index contributed by atoms with van der Waals surface area (Å²) in [7, 11) is 0. The Kier molecular flexibility index (Phi) is 8.80. The summed E-state index contributed by atoms with van der Waals surface area (Å²) in [4.78, 5) is 33.9. The third kappa shape index (κ3) is 6.26. The van der Waals surface area contributed by atoms with Crippen LogP contribution in [-0.4, -0.2) is 37.0 Å². The fourth-order valence-corrected chi connectivity index (χ4v) is 6.32. The second-order valence-electron chi connectivity index (χ2n) is 11.7. The maximum Gasteiger partial charge on any atom is 0.439 e. The lowest BCUT2D eigenvalue weighted by Crippen LogP contribution is -2.36. The zero-order chi connectivity index (χ0) is 31.4. The minimum atomic E-state index is -0.631. The lowest BCUT2D eigenvalue weighted by molar-refractivity contribution is 0.0152. The predicted octanol–water partition coefficient (Wildman–Crippen LogP) is 6.03. The van der Waals surface area contributed by atoms with E-state index < -0.39 is 11.4 Å². The molecule has 1 saturated carbocycles. The molecule has 9 nitrogen and oxygen atoms in total. The van der Waals surface area contributed by atoms with E-state index in [2.05, 4.69) is 17.1 Å². The van der Waals surface area contributed by atoms with Gasteiger partial charge in [0, 0.05) is 24.0 Å². The molecule has 1 aliphatic rings. The first-order chi connectivity index (χ1) is 21.9. The largest absolute Gasteiger partial charge is 0.485 e. The lowest BCUT2D eigenvalue weighted by Gasteiger charge is -2.28. The van der Waals surface area contributed by atoms with E-state index in [-0.39, 0.29) is 12.2 Å². The van der Waals surface area contributed by atoms with Crippen LogP contribution in [0.2, 0.25) is 0 Å². The standard InChI is InChI=1S/C36H38N4O5/c1-3-10-31-30(22-24-13-18-28(25-11-6-5-7-12-25)29(21-24)33-38-35(43)45-39-33)34(42)40(32(4-2)37-31)26-14-16-27(17-15-26)44-36(23-41)19-8-9-20-36/h5-7,11-18,21,41H,3-4,8-10,19-20,22-23H2,1-2H3,(H,38,39,43). The Bertz CT molecular complexity index is 1880. The van der Waals surface area contributed by atoms with Gasteiger partial charge in [0.1, 0.15) is 17.2 Å². The molecule has 0 aliphatic heterocycles. The number of aromatic nitrogens is 4. The second kappa shape index (κ2) is 13.1. The van der Waals surface area contributed by atoms with Crippen LogP contribution in [0.4, 0.5) is 0 Å². The number of nitrogens with one attached hydrogen (secondary N) is 1. The smallest absolute Gasteiger partial charge is 0.439 e. The molecule has 5 aromatic rings. The van der Waals surface area contributed by atoms with Crippen LogP contribution < -0.4 is 16.1 Å². The van der Waals surface area contributed by atoms with E-state index in [9.17, 15) is 14.7 Å². The molecule has 0 amide bonds. The van der Waals surface area contributed by atoms with E-state index in [1.54, 1.807) is 4.57 Å².